The molecule has 0 spiro atoms. The van der Waals surface area contributed by atoms with Crippen LogP contribution in [0.1, 0.15) is 93.1 Å². The maximum atomic E-state index is 5.75. The maximum Gasteiger partial charge on any atom is 0.116 e. The molecule has 1 aromatic carbocycles. The highest BCUT2D eigenvalue weighted by Crippen LogP contribution is 2.28. The molecule has 1 aliphatic carbocycles. The van der Waals surface area contributed by atoms with Crippen LogP contribution >= 0.6 is 15.9 Å². The average molecular weight is 504 g/mol. The number of halogens is 1. The quantitative estimate of drug-likeness (QED) is 0.226. The highest BCUT2D eigenvalue weighted by molar-refractivity contribution is 9.12. The number of hydrogen-bond acceptors (Lipinski definition) is 1. The van der Waals surface area contributed by atoms with E-state index in [2.05, 4.69) is 99.5 Å². The van der Waals surface area contributed by atoms with E-state index >= 15 is 0 Å². The molecule has 2 heteroatoms. The van der Waals surface area contributed by atoms with Crippen LogP contribution in [-0.2, 0) is 11.2 Å². The summed E-state index contributed by atoms with van der Waals surface area (Å²) in [6.45, 7) is 19.8. The van der Waals surface area contributed by atoms with E-state index in [1.165, 1.54) is 42.4 Å². The van der Waals surface area contributed by atoms with Crippen LogP contribution < -0.4 is 0 Å². The molecule has 0 aliphatic heterocycles. The molecule has 0 bridgehead atoms. The zero-order valence-corrected chi connectivity index (χ0v) is 23.5. The molecule has 0 radical (unpaired) electrons. The molecule has 0 heterocycles. The second-order valence-corrected chi connectivity index (χ2v) is 8.82. The molecule has 1 saturated carbocycles. The first-order chi connectivity index (χ1) is 15.4. The van der Waals surface area contributed by atoms with Crippen molar-refractivity contribution in [3.63, 3.8) is 0 Å². The second kappa shape index (κ2) is 22.5. The monoisotopic (exact) mass is 502 g/mol. The Morgan fingerprint density at radius 3 is 2.03 bits per heavy atom. The lowest BCUT2D eigenvalue weighted by Gasteiger charge is -2.27. The molecular formula is C30H47BrO. The molecule has 0 atom stereocenters. The van der Waals surface area contributed by atoms with Crippen molar-refractivity contribution in [1.29, 1.82) is 0 Å². The van der Waals surface area contributed by atoms with Crippen molar-refractivity contribution in [3.05, 3.63) is 70.3 Å². The zero-order valence-electron chi connectivity index (χ0n) is 21.9. The first-order valence-corrected chi connectivity index (χ1v) is 13.0. The van der Waals surface area contributed by atoms with Crippen molar-refractivity contribution in [3.8, 4) is 12.0 Å². The minimum Gasteiger partial charge on any atom is -0.443 e. The number of hydrogen-bond donors (Lipinski definition) is 0. The van der Waals surface area contributed by atoms with Crippen molar-refractivity contribution < 1.29 is 4.74 Å². The Balaban J connectivity index is 0. The molecule has 0 N–H and O–H groups in total. The van der Waals surface area contributed by atoms with Crippen LogP contribution in [0.25, 0.3) is 0 Å². The van der Waals surface area contributed by atoms with Gasteiger partial charge in [0.15, 0.2) is 0 Å². The van der Waals surface area contributed by atoms with Gasteiger partial charge in [-0.25, -0.2) is 0 Å². The molecular weight excluding hydrogens is 456 g/mol. The van der Waals surface area contributed by atoms with Gasteiger partial charge in [-0.05, 0) is 99.2 Å². The van der Waals surface area contributed by atoms with Crippen LogP contribution in [0.3, 0.4) is 0 Å². The minimum atomic E-state index is 0.286. The summed E-state index contributed by atoms with van der Waals surface area (Å²) in [6, 6.07) is 10.8. The summed E-state index contributed by atoms with van der Waals surface area (Å²) >= 11 is 3.49. The Bertz CT molecular complexity index is 691. The topological polar surface area (TPSA) is 9.23 Å². The van der Waals surface area contributed by atoms with Crippen LogP contribution in [0.4, 0.5) is 0 Å². The summed E-state index contributed by atoms with van der Waals surface area (Å²) in [5.41, 5.74) is 3.98. The van der Waals surface area contributed by atoms with E-state index in [0.717, 1.165) is 23.2 Å². The Kier molecular flexibility index (Phi) is 22.8. The fraction of sp³-hybridized carbons (Fsp3) is 0.533. The van der Waals surface area contributed by atoms with Gasteiger partial charge in [-0.3, -0.25) is 0 Å². The molecule has 1 aromatic rings. The largest absolute Gasteiger partial charge is 0.443 e. The Labute approximate surface area is 208 Å². The van der Waals surface area contributed by atoms with Gasteiger partial charge in [0.05, 0.1) is 4.48 Å². The van der Waals surface area contributed by atoms with Crippen molar-refractivity contribution in [2.45, 2.75) is 100 Å². The number of allylic oxidation sites excluding steroid dienone is 5. The third-order valence-electron chi connectivity index (χ3n) is 4.69. The first kappa shape index (κ1) is 32.5. The summed E-state index contributed by atoms with van der Waals surface area (Å²) < 4.78 is 6.62. The molecule has 1 fully saturated rings. The van der Waals surface area contributed by atoms with Crippen LogP contribution in [0.2, 0.25) is 0 Å². The zero-order chi connectivity index (χ0) is 24.8. The fourth-order valence-electron chi connectivity index (χ4n) is 2.93. The summed E-state index contributed by atoms with van der Waals surface area (Å²) in [7, 11) is 0. The van der Waals surface area contributed by atoms with Gasteiger partial charge < -0.3 is 4.74 Å². The number of benzene rings is 1. The molecule has 0 unspecified atom stereocenters. The smallest absolute Gasteiger partial charge is 0.116 e. The van der Waals surface area contributed by atoms with Gasteiger partial charge in [0.25, 0.3) is 0 Å². The van der Waals surface area contributed by atoms with Crippen molar-refractivity contribution in [2.75, 3.05) is 0 Å². The van der Waals surface area contributed by atoms with Crippen LogP contribution in [0.5, 0.6) is 0 Å². The SMILES string of the molecule is C=CC.CC.CC(C)=C(C)/C=C(/Br)C#COC1CCC(Cc2ccccc2)CC1.CCC. The van der Waals surface area contributed by atoms with Gasteiger partial charge in [-0.2, -0.15) is 0 Å². The second-order valence-electron chi connectivity index (χ2n) is 7.97. The van der Waals surface area contributed by atoms with Crippen LogP contribution in [0, 0.1) is 17.9 Å². The van der Waals surface area contributed by atoms with Gasteiger partial charge in [0.2, 0.25) is 0 Å². The van der Waals surface area contributed by atoms with Crippen molar-refractivity contribution in [1.82, 2.24) is 0 Å². The lowest BCUT2D eigenvalue weighted by molar-refractivity contribution is 0.104. The Hall–Kier alpha value is -1.72. The molecule has 180 valence electrons. The summed E-state index contributed by atoms with van der Waals surface area (Å²) in [5, 5.41) is 0. The van der Waals surface area contributed by atoms with Gasteiger partial charge in [-0.1, -0.05) is 81.7 Å². The number of rotatable bonds is 4. The highest BCUT2D eigenvalue weighted by atomic mass is 79.9. The number of ether oxygens (including phenoxy) is 1. The summed E-state index contributed by atoms with van der Waals surface area (Å²) in [5.74, 6) is 3.82. The molecule has 32 heavy (non-hydrogen) atoms. The Morgan fingerprint density at radius 2 is 1.56 bits per heavy atom. The van der Waals surface area contributed by atoms with Gasteiger partial charge >= 0.3 is 0 Å². The summed E-state index contributed by atoms with van der Waals surface area (Å²) in [4.78, 5) is 0. The van der Waals surface area contributed by atoms with E-state index in [1.807, 2.05) is 26.8 Å². The van der Waals surface area contributed by atoms with E-state index in [4.69, 9.17) is 4.74 Å². The molecule has 2 rings (SSSR count). The first-order valence-electron chi connectivity index (χ1n) is 12.2. The highest BCUT2D eigenvalue weighted by Gasteiger charge is 2.21. The molecule has 0 aromatic heterocycles. The van der Waals surface area contributed by atoms with Crippen molar-refractivity contribution in [2.24, 2.45) is 5.92 Å². The fourth-order valence-corrected chi connectivity index (χ4v) is 3.36. The van der Waals surface area contributed by atoms with Crippen LogP contribution in [0.15, 0.2) is 64.7 Å². The van der Waals surface area contributed by atoms with E-state index < -0.39 is 0 Å². The molecule has 0 saturated heterocycles. The van der Waals surface area contributed by atoms with E-state index in [1.54, 1.807) is 6.08 Å². The van der Waals surface area contributed by atoms with E-state index in [-0.39, 0.29) is 6.10 Å². The third-order valence-corrected chi connectivity index (χ3v) is 5.12. The average Bonchev–Trinajstić information content (AvgIpc) is 2.78. The minimum absolute atomic E-state index is 0.286. The van der Waals surface area contributed by atoms with Gasteiger partial charge in [0, 0.05) is 0 Å². The third kappa shape index (κ3) is 17.9. The van der Waals surface area contributed by atoms with Crippen LogP contribution in [-0.4, -0.2) is 6.10 Å². The maximum absolute atomic E-state index is 5.75. The Morgan fingerprint density at radius 1 is 1.06 bits per heavy atom. The normalized spacial score (nSPS) is 16.7. The molecule has 1 aliphatic rings. The van der Waals surface area contributed by atoms with Gasteiger partial charge in [-0.15, -0.1) is 6.58 Å². The molecule has 0 amide bonds. The lowest BCUT2D eigenvalue weighted by Crippen LogP contribution is -2.21. The van der Waals surface area contributed by atoms with Crippen molar-refractivity contribution >= 4 is 15.9 Å². The molecule has 1 nitrogen and oxygen atoms in total. The van der Waals surface area contributed by atoms with Gasteiger partial charge in [0.1, 0.15) is 12.2 Å². The lowest BCUT2D eigenvalue weighted by atomic mass is 9.83. The summed E-state index contributed by atoms with van der Waals surface area (Å²) in [6.07, 6.45) is 14.1. The van der Waals surface area contributed by atoms with E-state index in [9.17, 15) is 0 Å². The van der Waals surface area contributed by atoms with E-state index in [0.29, 0.717) is 0 Å². The predicted octanol–water partition coefficient (Wildman–Crippen LogP) is 10.0. The standard InChI is InChI=1S/C22H27BrO.C3H8.C3H6.C2H6/c1-17(2)18(3)15-21(23)13-14-24-22-11-9-20(10-12-22)16-19-7-5-4-6-8-19;2*1-3-2;1-2/h4-8,15,20,22H,9-12,16H2,1-3H3;3H2,1-2H3;3H,1H2,2H3;1-2H3/b21-15+;;;. The predicted molar refractivity (Wildman–Crippen MR) is 149 cm³/mol.